The van der Waals surface area contributed by atoms with Gasteiger partial charge in [-0.2, -0.15) is 0 Å². The van der Waals surface area contributed by atoms with Gasteiger partial charge < -0.3 is 10.1 Å². The first-order valence-electron chi connectivity index (χ1n) is 7.38. The molecule has 1 aromatic heterocycles. The van der Waals surface area contributed by atoms with Gasteiger partial charge in [0.05, 0.1) is 5.52 Å². The van der Waals surface area contributed by atoms with Gasteiger partial charge in [-0.3, -0.25) is 4.98 Å². The van der Waals surface area contributed by atoms with Crippen LogP contribution in [0.4, 0.5) is 0 Å². The lowest BCUT2D eigenvalue weighted by atomic mass is 9.82. The predicted molar refractivity (Wildman–Crippen MR) is 81.6 cm³/mol. The van der Waals surface area contributed by atoms with Crippen LogP contribution in [0.25, 0.3) is 10.9 Å². The molecule has 1 aliphatic heterocycles. The van der Waals surface area contributed by atoms with E-state index < -0.39 is 0 Å². The number of ether oxygens (including phenoxy) is 1. The van der Waals surface area contributed by atoms with Gasteiger partial charge in [0.2, 0.25) is 0 Å². The third-order valence-electron chi connectivity index (χ3n) is 4.28. The van der Waals surface area contributed by atoms with Gasteiger partial charge in [0.1, 0.15) is 0 Å². The Morgan fingerprint density at radius 3 is 2.85 bits per heavy atom. The van der Waals surface area contributed by atoms with E-state index in [-0.39, 0.29) is 0 Å². The number of benzene rings is 1. The Kier molecular flexibility index (Phi) is 3.99. The number of pyridine rings is 1. The lowest BCUT2D eigenvalue weighted by Gasteiger charge is -2.33. The van der Waals surface area contributed by atoms with Crippen molar-refractivity contribution in [3.8, 4) is 0 Å². The Labute approximate surface area is 120 Å². The Bertz CT molecular complexity index is 571. The fraction of sp³-hybridized carbons (Fsp3) is 0.471. The van der Waals surface area contributed by atoms with E-state index in [1.807, 2.05) is 12.3 Å². The summed E-state index contributed by atoms with van der Waals surface area (Å²) in [6.07, 6.45) is 4.16. The highest BCUT2D eigenvalue weighted by molar-refractivity contribution is 5.81. The van der Waals surface area contributed by atoms with Gasteiger partial charge in [-0.25, -0.2) is 0 Å². The van der Waals surface area contributed by atoms with E-state index in [0.717, 1.165) is 44.7 Å². The van der Waals surface area contributed by atoms with E-state index in [1.54, 1.807) is 0 Å². The van der Waals surface area contributed by atoms with Crippen LogP contribution in [-0.4, -0.2) is 24.7 Å². The topological polar surface area (TPSA) is 34.2 Å². The maximum atomic E-state index is 5.45. The van der Waals surface area contributed by atoms with E-state index in [1.165, 1.54) is 10.9 Å². The highest BCUT2D eigenvalue weighted by Gasteiger charge is 2.26. The number of nitrogens with zero attached hydrogens (tertiary/aromatic N) is 1. The second kappa shape index (κ2) is 5.90. The number of hydrogen-bond donors (Lipinski definition) is 1. The van der Waals surface area contributed by atoms with Crippen LogP contribution in [0.15, 0.2) is 36.5 Å². The molecule has 1 aliphatic rings. The first kappa shape index (κ1) is 13.5. The van der Waals surface area contributed by atoms with Crippen LogP contribution in [0.1, 0.15) is 25.3 Å². The Morgan fingerprint density at radius 1 is 1.20 bits per heavy atom. The van der Waals surface area contributed by atoms with Crippen molar-refractivity contribution in [3.63, 3.8) is 0 Å². The van der Waals surface area contributed by atoms with E-state index in [4.69, 9.17) is 4.74 Å². The molecule has 0 saturated carbocycles. The molecule has 0 aliphatic carbocycles. The fourth-order valence-electron chi connectivity index (χ4n) is 2.85. The number of aromatic nitrogens is 1. The number of hydrogen-bond acceptors (Lipinski definition) is 3. The summed E-state index contributed by atoms with van der Waals surface area (Å²) < 4.78 is 5.45. The van der Waals surface area contributed by atoms with Crippen LogP contribution in [0.5, 0.6) is 0 Å². The van der Waals surface area contributed by atoms with Gasteiger partial charge in [0.15, 0.2) is 0 Å². The zero-order valence-electron chi connectivity index (χ0n) is 12.1. The molecule has 0 bridgehead atoms. The maximum Gasteiger partial charge on any atom is 0.0746 e. The van der Waals surface area contributed by atoms with Crippen molar-refractivity contribution in [2.75, 3.05) is 19.8 Å². The minimum absolute atomic E-state index is 0.371. The average molecular weight is 270 g/mol. The monoisotopic (exact) mass is 270 g/mol. The van der Waals surface area contributed by atoms with Crippen molar-refractivity contribution in [2.24, 2.45) is 5.41 Å². The van der Waals surface area contributed by atoms with Crippen LogP contribution < -0.4 is 5.32 Å². The SMILES string of the molecule is CC1(CNCc2cccc3cccnc23)CCOCC1. The van der Waals surface area contributed by atoms with E-state index >= 15 is 0 Å². The Morgan fingerprint density at radius 2 is 2.00 bits per heavy atom. The van der Waals surface area contributed by atoms with Gasteiger partial charge >= 0.3 is 0 Å². The van der Waals surface area contributed by atoms with Gasteiger partial charge in [0.25, 0.3) is 0 Å². The lowest BCUT2D eigenvalue weighted by molar-refractivity contribution is 0.0240. The van der Waals surface area contributed by atoms with Gasteiger partial charge in [-0.15, -0.1) is 0 Å². The quantitative estimate of drug-likeness (QED) is 0.926. The first-order valence-corrected chi connectivity index (χ1v) is 7.38. The van der Waals surface area contributed by atoms with E-state index in [0.29, 0.717) is 5.41 Å². The fourth-order valence-corrected chi connectivity index (χ4v) is 2.85. The maximum absolute atomic E-state index is 5.45. The average Bonchev–Trinajstić information content (AvgIpc) is 2.48. The summed E-state index contributed by atoms with van der Waals surface area (Å²) in [5.41, 5.74) is 2.76. The molecule has 2 heterocycles. The molecule has 1 fully saturated rings. The van der Waals surface area contributed by atoms with Crippen LogP contribution in [-0.2, 0) is 11.3 Å². The Hall–Kier alpha value is -1.45. The van der Waals surface area contributed by atoms with Crippen LogP contribution in [0.3, 0.4) is 0 Å². The van der Waals surface area contributed by atoms with Gasteiger partial charge in [0, 0.05) is 37.9 Å². The first-order chi connectivity index (χ1) is 9.77. The largest absolute Gasteiger partial charge is 0.381 e. The van der Waals surface area contributed by atoms with E-state index in [9.17, 15) is 0 Å². The molecule has 1 N–H and O–H groups in total. The smallest absolute Gasteiger partial charge is 0.0746 e. The molecule has 0 atom stereocenters. The molecule has 3 nitrogen and oxygen atoms in total. The normalized spacial score (nSPS) is 18.2. The highest BCUT2D eigenvalue weighted by atomic mass is 16.5. The van der Waals surface area contributed by atoms with Crippen molar-refractivity contribution < 1.29 is 4.74 Å². The third-order valence-corrected chi connectivity index (χ3v) is 4.28. The second-order valence-electron chi connectivity index (χ2n) is 6.02. The molecule has 3 rings (SSSR count). The molecule has 106 valence electrons. The summed E-state index contributed by atoms with van der Waals surface area (Å²) in [6, 6.07) is 10.5. The minimum atomic E-state index is 0.371. The summed E-state index contributed by atoms with van der Waals surface area (Å²) in [5, 5.41) is 4.82. The van der Waals surface area contributed by atoms with Crippen molar-refractivity contribution in [1.29, 1.82) is 0 Å². The summed E-state index contributed by atoms with van der Waals surface area (Å²) in [5.74, 6) is 0. The number of nitrogens with one attached hydrogen (secondary N) is 1. The number of para-hydroxylation sites is 1. The molecule has 1 saturated heterocycles. The number of fused-ring (bicyclic) bond motifs is 1. The zero-order chi connectivity index (χ0) is 13.8. The van der Waals surface area contributed by atoms with Gasteiger partial charge in [-0.05, 0) is 29.9 Å². The van der Waals surface area contributed by atoms with Crippen molar-refractivity contribution in [2.45, 2.75) is 26.3 Å². The highest BCUT2D eigenvalue weighted by Crippen LogP contribution is 2.28. The predicted octanol–water partition coefficient (Wildman–Crippen LogP) is 3.14. The minimum Gasteiger partial charge on any atom is -0.381 e. The molecule has 0 amide bonds. The molecular weight excluding hydrogens is 248 g/mol. The molecule has 20 heavy (non-hydrogen) atoms. The summed E-state index contributed by atoms with van der Waals surface area (Å²) >= 11 is 0. The second-order valence-corrected chi connectivity index (χ2v) is 6.02. The summed E-state index contributed by atoms with van der Waals surface area (Å²) in [7, 11) is 0. The molecule has 0 spiro atoms. The standard InChI is InChI=1S/C17H22N2O/c1-17(7-10-20-11-8-17)13-18-12-15-5-2-4-14-6-3-9-19-16(14)15/h2-6,9,18H,7-8,10-13H2,1H3. The molecule has 2 aromatic rings. The molecule has 0 unspecified atom stereocenters. The molecule has 3 heteroatoms. The van der Waals surface area contributed by atoms with Crippen LogP contribution >= 0.6 is 0 Å². The van der Waals surface area contributed by atoms with Gasteiger partial charge in [-0.1, -0.05) is 31.2 Å². The third kappa shape index (κ3) is 3.00. The number of rotatable bonds is 4. The molecule has 0 radical (unpaired) electrons. The molecule has 1 aromatic carbocycles. The van der Waals surface area contributed by atoms with Crippen molar-refractivity contribution in [1.82, 2.24) is 10.3 Å². The van der Waals surface area contributed by atoms with Crippen LogP contribution in [0.2, 0.25) is 0 Å². The van der Waals surface area contributed by atoms with Crippen molar-refractivity contribution >= 4 is 10.9 Å². The van der Waals surface area contributed by atoms with E-state index in [2.05, 4.69) is 41.5 Å². The molecular formula is C17H22N2O. The zero-order valence-corrected chi connectivity index (χ0v) is 12.1. The van der Waals surface area contributed by atoms with Crippen LogP contribution in [0, 0.1) is 5.41 Å². The van der Waals surface area contributed by atoms with Crippen molar-refractivity contribution in [3.05, 3.63) is 42.1 Å². The summed E-state index contributed by atoms with van der Waals surface area (Å²) in [4.78, 5) is 4.50. The lowest BCUT2D eigenvalue weighted by Crippen LogP contribution is -2.36. The summed E-state index contributed by atoms with van der Waals surface area (Å²) in [6.45, 7) is 6.07. The Balaban J connectivity index is 1.65.